The number of aliphatic imine (C=N–C) groups is 1. The summed E-state index contributed by atoms with van der Waals surface area (Å²) < 4.78 is 0. The quantitative estimate of drug-likeness (QED) is 0.729. The Balaban J connectivity index is 0.00000180. The van der Waals surface area contributed by atoms with Crippen molar-refractivity contribution in [3.05, 3.63) is 34.4 Å². The molecule has 0 fully saturated rings. The summed E-state index contributed by atoms with van der Waals surface area (Å²) in [4.78, 5) is 4.55. The molecule has 0 saturated carbocycles. The summed E-state index contributed by atoms with van der Waals surface area (Å²) in [5.41, 5.74) is 5.93. The number of benzene rings is 1. The second-order valence-corrected chi connectivity index (χ2v) is 6.38. The molecule has 2 N–H and O–H groups in total. The second-order valence-electron chi connectivity index (χ2n) is 6.38. The largest absolute Gasteiger partial charge is 1.00 e. The molecule has 3 heteroatoms. The molecule has 1 aromatic rings. The molecular weight excluding hydrogens is 256 g/mol. The van der Waals surface area contributed by atoms with E-state index < -0.39 is 0 Å². The first-order chi connectivity index (χ1) is 8.38. The average Bonchev–Trinajstić information content (AvgIpc) is 2.74. The average molecular weight is 281 g/mol. The van der Waals surface area contributed by atoms with E-state index in [2.05, 4.69) is 57.1 Å². The maximum absolute atomic E-state index is 4.55. The van der Waals surface area contributed by atoms with E-state index in [1.165, 1.54) is 28.1 Å². The van der Waals surface area contributed by atoms with Crippen LogP contribution in [0.4, 0.5) is 0 Å². The molecule has 0 unspecified atom stereocenters. The van der Waals surface area contributed by atoms with Crippen LogP contribution in [0.5, 0.6) is 0 Å². The number of amidine groups is 1. The van der Waals surface area contributed by atoms with Crippen molar-refractivity contribution in [2.24, 2.45) is 4.99 Å². The highest BCUT2D eigenvalue weighted by Crippen LogP contribution is 2.27. The lowest BCUT2D eigenvalue weighted by Crippen LogP contribution is -3.00. The summed E-state index contributed by atoms with van der Waals surface area (Å²) >= 11 is 0. The topological polar surface area (TPSA) is 29.0 Å². The van der Waals surface area contributed by atoms with Crippen molar-refractivity contribution in [2.45, 2.75) is 46.5 Å². The monoisotopic (exact) mass is 280 g/mol. The van der Waals surface area contributed by atoms with E-state index in [1.54, 1.807) is 0 Å². The minimum absolute atomic E-state index is 0. The highest BCUT2D eigenvalue weighted by molar-refractivity contribution is 5.77. The lowest BCUT2D eigenvalue weighted by atomic mass is 9.83. The minimum Gasteiger partial charge on any atom is -1.00 e. The lowest BCUT2D eigenvalue weighted by molar-refractivity contribution is -0.529. The Hall–Kier alpha value is -0.860. The van der Waals surface area contributed by atoms with Gasteiger partial charge in [0.05, 0.1) is 13.0 Å². The van der Waals surface area contributed by atoms with Crippen molar-refractivity contribution in [1.82, 2.24) is 0 Å². The number of rotatable bonds is 2. The third-order valence-corrected chi connectivity index (χ3v) is 3.74. The van der Waals surface area contributed by atoms with Crippen LogP contribution in [0.25, 0.3) is 0 Å². The van der Waals surface area contributed by atoms with E-state index in [0.717, 1.165) is 19.5 Å². The van der Waals surface area contributed by atoms with Crippen molar-refractivity contribution in [2.75, 3.05) is 13.1 Å². The summed E-state index contributed by atoms with van der Waals surface area (Å²) in [6, 6.07) is 4.69. The molecule has 1 heterocycles. The summed E-state index contributed by atoms with van der Waals surface area (Å²) in [6.07, 6.45) is 1.00. The van der Waals surface area contributed by atoms with Crippen LogP contribution >= 0.6 is 0 Å². The normalized spacial score (nSPS) is 15.1. The molecule has 1 aliphatic heterocycles. The van der Waals surface area contributed by atoms with Gasteiger partial charge in [0.15, 0.2) is 5.84 Å². The summed E-state index contributed by atoms with van der Waals surface area (Å²) in [5, 5.41) is 2.27. The molecular formula is C16H25ClN2. The fraction of sp³-hybridized carbons (Fsp3) is 0.562. The fourth-order valence-electron chi connectivity index (χ4n) is 2.52. The number of halogens is 1. The summed E-state index contributed by atoms with van der Waals surface area (Å²) in [6.45, 7) is 13.4. The molecule has 0 bridgehead atoms. The van der Waals surface area contributed by atoms with Gasteiger partial charge in [0.2, 0.25) is 0 Å². The third-order valence-electron chi connectivity index (χ3n) is 3.74. The van der Waals surface area contributed by atoms with Gasteiger partial charge in [-0.3, -0.25) is 5.32 Å². The van der Waals surface area contributed by atoms with E-state index in [0.29, 0.717) is 0 Å². The Bertz CT molecular complexity index is 461. The zero-order valence-corrected chi connectivity index (χ0v) is 13.4. The van der Waals surface area contributed by atoms with E-state index in [4.69, 9.17) is 0 Å². The van der Waals surface area contributed by atoms with Crippen LogP contribution in [0.2, 0.25) is 0 Å². The zero-order chi connectivity index (χ0) is 13.3. The van der Waals surface area contributed by atoms with Crippen molar-refractivity contribution in [3.8, 4) is 0 Å². The Kier molecular flexibility index (Phi) is 5.17. The molecule has 19 heavy (non-hydrogen) atoms. The highest BCUT2D eigenvalue weighted by atomic mass is 35.5. The van der Waals surface area contributed by atoms with Crippen LogP contribution in [-0.4, -0.2) is 18.9 Å². The molecule has 0 atom stereocenters. The van der Waals surface area contributed by atoms with Gasteiger partial charge < -0.3 is 12.4 Å². The molecule has 2 nitrogen and oxygen atoms in total. The predicted octanol–water partition coefficient (Wildman–Crippen LogP) is -0.877. The number of nitrogens with two attached hydrogens (primary N) is 1. The van der Waals surface area contributed by atoms with Gasteiger partial charge >= 0.3 is 0 Å². The SMILES string of the molecule is Cc1cc(C(C)(C)C)cc(C)c1CC1=NCC[NH2+]1.[Cl-]. The van der Waals surface area contributed by atoms with Gasteiger partial charge in [-0.2, -0.15) is 0 Å². The van der Waals surface area contributed by atoms with E-state index in [1.807, 2.05) is 0 Å². The zero-order valence-electron chi connectivity index (χ0n) is 12.7. The van der Waals surface area contributed by atoms with Crippen LogP contribution in [0.1, 0.15) is 43.0 Å². The minimum atomic E-state index is 0. The molecule has 0 radical (unpaired) electrons. The van der Waals surface area contributed by atoms with Gasteiger partial charge in [0.1, 0.15) is 6.54 Å². The molecule has 0 saturated heterocycles. The molecule has 106 valence electrons. The maximum Gasteiger partial charge on any atom is 0.199 e. The first-order valence-corrected chi connectivity index (χ1v) is 6.85. The van der Waals surface area contributed by atoms with Crippen molar-refractivity contribution in [3.63, 3.8) is 0 Å². The molecule has 2 rings (SSSR count). The lowest BCUT2D eigenvalue weighted by Gasteiger charge is -2.22. The smallest absolute Gasteiger partial charge is 0.199 e. The molecule has 1 aromatic carbocycles. The number of hydrogen-bond donors (Lipinski definition) is 1. The van der Waals surface area contributed by atoms with Gasteiger partial charge in [-0.05, 0) is 41.5 Å². The van der Waals surface area contributed by atoms with Gasteiger partial charge in [0, 0.05) is 0 Å². The molecule has 0 aliphatic carbocycles. The number of aryl methyl sites for hydroxylation is 2. The Morgan fingerprint density at radius 2 is 1.74 bits per heavy atom. The van der Waals surface area contributed by atoms with Gasteiger partial charge in [-0.25, -0.2) is 4.99 Å². The maximum atomic E-state index is 4.55. The standard InChI is InChI=1S/C16H24N2.ClH/c1-11-8-13(16(3,4)5)9-12(2)14(11)10-15-17-6-7-18-15;/h8-9H,6-7,10H2,1-5H3,(H,17,18);1H. The number of hydrogen-bond acceptors (Lipinski definition) is 1. The molecule has 0 spiro atoms. The van der Waals surface area contributed by atoms with Crippen molar-refractivity contribution < 1.29 is 17.7 Å². The first-order valence-electron chi connectivity index (χ1n) is 6.85. The van der Waals surface area contributed by atoms with E-state index in [9.17, 15) is 0 Å². The summed E-state index contributed by atoms with van der Waals surface area (Å²) in [7, 11) is 0. The van der Waals surface area contributed by atoms with Crippen LogP contribution in [0.15, 0.2) is 17.1 Å². The molecule has 1 aliphatic rings. The van der Waals surface area contributed by atoms with Gasteiger partial charge in [-0.15, -0.1) is 0 Å². The number of nitrogens with zero attached hydrogens (tertiary/aromatic N) is 1. The van der Waals surface area contributed by atoms with Crippen LogP contribution in [0.3, 0.4) is 0 Å². The van der Waals surface area contributed by atoms with E-state index in [-0.39, 0.29) is 17.8 Å². The predicted molar refractivity (Wildman–Crippen MR) is 77.4 cm³/mol. The van der Waals surface area contributed by atoms with Gasteiger partial charge in [-0.1, -0.05) is 32.9 Å². The fourth-order valence-corrected chi connectivity index (χ4v) is 2.52. The molecule has 0 amide bonds. The van der Waals surface area contributed by atoms with Crippen molar-refractivity contribution in [1.29, 1.82) is 0 Å². The van der Waals surface area contributed by atoms with Gasteiger partial charge in [0.25, 0.3) is 0 Å². The second kappa shape index (κ2) is 6.06. The van der Waals surface area contributed by atoms with Crippen LogP contribution < -0.4 is 17.7 Å². The third kappa shape index (κ3) is 3.80. The van der Waals surface area contributed by atoms with Crippen molar-refractivity contribution >= 4 is 5.84 Å². The Morgan fingerprint density at radius 1 is 1.16 bits per heavy atom. The van der Waals surface area contributed by atoms with Crippen LogP contribution in [0, 0.1) is 13.8 Å². The summed E-state index contributed by atoms with van der Waals surface area (Å²) in [5.74, 6) is 1.27. The highest BCUT2D eigenvalue weighted by Gasteiger charge is 2.18. The first kappa shape index (κ1) is 16.2. The Labute approximate surface area is 123 Å². The van der Waals surface area contributed by atoms with E-state index >= 15 is 0 Å². The van der Waals surface area contributed by atoms with Crippen LogP contribution in [-0.2, 0) is 11.8 Å². The Morgan fingerprint density at radius 3 is 2.16 bits per heavy atom. The number of quaternary nitrogens is 1. The molecule has 0 aromatic heterocycles.